The van der Waals surface area contributed by atoms with Gasteiger partial charge in [0, 0.05) is 44.3 Å². The van der Waals surface area contributed by atoms with Crippen molar-refractivity contribution in [1.29, 1.82) is 0 Å². The van der Waals surface area contributed by atoms with Crippen LogP contribution in [-0.4, -0.2) is 60.6 Å². The molecule has 2 aromatic heterocycles. The van der Waals surface area contributed by atoms with Crippen LogP contribution in [-0.2, 0) is 13.1 Å². The summed E-state index contributed by atoms with van der Waals surface area (Å²) in [6.45, 7) is 12.7. The van der Waals surface area contributed by atoms with Crippen molar-refractivity contribution in [2.45, 2.75) is 39.8 Å². The molecule has 1 fully saturated rings. The van der Waals surface area contributed by atoms with Crippen LogP contribution in [0.5, 0.6) is 0 Å². The Labute approximate surface area is 178 Å². The van der Waals surface area contributed by atoms with Crippen LogP contribution in [0, 0.1) is 0 Å². The molecular formula is C21H33N7S. The van der Waals surface area contributed by atoms with E-state index in [0.29, 0.717) is 19.0 Å². The zero-order valence-electron chi connectivity index (χ0n) is 18.0. The molecular weight excluding hydrogens is 382 g/mol. The largest absolute Gasteiger partial charge is 0.357 e. The van der Waals surface area contributed by atoms with E-state index in [-0.39, 0.29) is 0 Å². The minimum atomic E-state index is 0.461. The molecule has 0 bridgehead atoms. The number of nitrogens with zero attached hydrogens (tertiary/aromatic N) is 5. The number of hydrogen-bond donors (Lipinski definition) is 2. The Morgan fingerprint density at radius 1 is 1.24 bits per heavy atom. The molecule has 1 saturated heterocycles. The van der Waals surface area contributed by atoms with Crippen molar-refractivity contribution in [3.63, 3.8) is 0 Å². The average molecular weight is 416 g/mol. The summed E-state index contributed by atoms with van der Waals surface area (Å²) < 4.78 is 0. The number of piperazine rings is 1. The van der Waals surface area contributed by atoms with E-state index < -0.39 is 0 Å². The van der Waals surface area contributed by atoms with Crippen molar-refractivity contribution < 1.29 is 0 Å². The topological polar surface area (TPSA) is 68.7 Å². The SMILES string of the molecule is CCNC(=NCc1ccnc(N2CCN(C)CC2)c1)NCc1nc(C(C)C)cs1. The lowest BCUT2D eigenvalue weighted by Crippen LogP contribution is -2.44. The van der Waals surface area contributed by atoms with E-state index in [9.17, 15) is 0 Å². The van der Waals surface area contributed by atoms with E-state index >= 15 is 0 Å². The lowest BCUT2D eigenvalue weighted by atomic mass is 10.2. The summed E-state index contributed by atoms with van der Waals surface area (Å²) >= 11 is 1.70. The number of aliphatic imine (C=N–C) groups is 1. The van der Waals surface area contributed by atoms with Crippen LogP contribution in [0.1, 0.15) is 43.0 Å². The molecule has 0 radical (unpaired) electrons. The van der Waals surface area contributed by atoms with Crippen LogP contribution in [0.2, 0.25) is 0 Å². The van der Waals surface area contributed by atoms with Gasteiger partial charge in [0.2, 0.25) is 0 Å². The fourth-order valence-corrected chi connectivity index (χ4v) is 4.01. The third-order valence-corrected chi connectivity index (χ3v) is 5.84. The van der Waals surface area contributed by atoms with Gasteiger partial charge in [-0.15, -0.1) is 11.3 Å². The second kappa shape index (κ2) is 10.5. The van der Waals surface area contributed by atoms with Crippen LogP contribution in [0.15, 0.2) is 28.7 Å². The van der Waals surface area contributed by atoms with Crippen molar-refractivity contribution in [3.05, 3.63) is 40.0 Å². The second-order valence-corrected chi connectivity index (χ2v) is 8.62. The molecule has 158 valence electrons. The molecule has 0 spiro atoms. The number of nitrogens with one attached hydrogen (secondary N) is 2. The van der Waals surface area contributed by atoms with Gasteiger partial charge in [0.05, 0.1) is 18.8 Å². The monoisotopic (exact) mass is 415 g/mol. The van der Waals surface area contributed by atoms with Gasteiger partial charge < -0.3 is 20.4 Å². The van der Waals surface area contributed by atoms with Crippen LogP contribution in [0.4, 0.5) is 5.82 Å². The zero-order chi connectivity index (χ0) is 20.6. The first-order valence-corrected chi connectivity index (χ1v) is 11.3. The van der Waals surface area contributed by atoms with Gasteiger partial charge in [-0.1, -0.05) is 13.8 Å². The highest BCUT2D eigenvalue weighted by Crippen LogP contribution is 2.18. The summed E-state index contributed by atoms with van der Waals surface area (Å²) in [6.07, 6.45) is 1.89. The Balaban J connectivity index is 1.59. The maximum absolute atomic E-state index is 4.76. The van der Waals surface area contributed by atoms with Gasteiger partial charge in [-0.3, -0.25) is 0 Å². The maximum Gasteiger partial charge on any atom is 0.191 e. The normalized spacial score (nSPS) is 15.8. The fraction of sp³-hybridized carbons (Fsp3) is 0.571. The summed E-state index contributed by atoms with van der Waals surface area (Å²) in [5.74, 6) is 2.32. The van der Waals surface area contributed by atoms with Crippen molar-refractivity contribution in [3.8, 4) is 0 Å². The Hall–Kier alpha value is -2.19. The number of hydrogen-bond acceptors (Lipinski definition) is 6. The molecule has 1 aliphatic heterocycles. The third kappa shape index (κ3) is 6.40. The molecule has 7 nitrogen and oxygen atoms in total. The quantitative estimate of drug-likeness (QED) is 0.535. The predicted octanol–water partition coefficient (Wildman–Crippen LogP) is 2.67. The fourth-order valence-electron chi connectivity index (χ4n) is 3.11. The molecule has 0 aliphatic carbocycles. The standard InChI is InChI=1S/C21H33N7S/c1-5-22-21(25-14-20-26-18(15-29-20)16(2)3)24-13-17-6-7-23-19(12-17)28-10-8-27(4)9-11-28/h6-7,12,15-16H,5,8-11,13-14H2,1-4H3,(H2,22,24,25). The van der Waals surface area contributed by atoms with E-state index in [1.807, 2.05) is 12.3 Å². The smallest absolute Gasteiger partial charge is 0.191 e. The highest BCUT2D eigenvalue weighted by Gasteiger charge is 2.15. The van der Waals surface area contributed by atoms with E-state index in [1.54, 1.807) is 11.3 Å². The molecule has 0 amide bonds. The first-order valence-electron chi connectivity index (χ1n) is 10.4. The molecule has 0 unspecified atom stereocenters. The lowest BCUT2D eigenvalue weighted by Gasteiger charge is -2.33. The van der Waals surface area contributed by atoms with E-state index in [1.165, 1.54) is 5.56 Å². The first kappa shape index (κ1) is 21.5. The number of aromatic nitrogens is 2. The van der Waals surface area contributed by atoms with Crippen LogP contribution in [0.25, 0.3) is 0 Å². The van der Waals surface area contributed by atoms with Gasteiger partial charge in [0.15, 0.2) is 5.96 Å². The molecule has 8 heteroatoms. The highest BCUT2D eigenvalue weighted by atomic mass is 32.1. The van der Waals surface area contributed by atoms with Gasteiger partial charge in [-0.2, -0.15) is 0 Å². The number of anilines is 1. The van der Waals surface area contributed by atoms with Crippen LogP contribution < -0.4 is 15.5 Å². The van der Waals surface area contributed by atoms with Crippen molar-refractivity contribution in [2.75, 3.05) is 44.7 Å². The number of guanidine groups is 1. The minimum Gasteiger partial charge on any atom is -0.357 e. The van der Waals surface area contributed by atoms with Crippen molar-refractivity contribution in [1.82, 2.24) is 25.5 Å². The molecule has 3 rings (SSSR count). The Morgan fingerprint density at radius 2 is 2.03 bits per heavy atom. The molecule has 29 heavy (non-hydrogen) atoms. The summed E-state index contributed by atoms with van der Waals surface area (Å²) in [6, 6.07) is 4.20. The van der Waals surface area contributed by atoms with Crippen LogP contribution in [0.3, 0.4) is 0 Å². The molecule has 2 N–H and O–H groups in total. The molecule has 2 aromatic rings. The first-order chi connectivity index (χ1) is 14.0. The average Bonchev–Trinajstić information content (AvgIpc) is 3.20. The summed E-state index contributed by atoms with van der Waals surface area (Å²) in [5, 5.41) is 9.94. The Bertz CT molecular complexity index is 794. The van der Waals surface area contributed by atoms with E-state index in [0.717, 1.165) is 55.2 Å². The molecule has 0 saturated carbocycles. The number of likely N-dealkylation sites (N-methyl/N-ethyl adjacent to an activating group) is 1. The molecule has 3 heterocycles. The van der Waals surface area contributed by atoms with Gasteiger partial charge in [-0.25, -0.2) is 15.0 Å². The third-order valence-electron chi connectivity index (χ3n) is 4.97. The van der Waals surface area contributed by atoms with Gasteiger partial charge in [-0.05, 0) is 37.6 Å². The van der Waals surface area contributed by atoms with Crippen LogP contribution >= 0.6 is 11.3 Å². The van der Waals surface area contributed by atoms with Crippen molar-refractivity contribution in [2.24, 2.45) is 4.99 Å². The summed E-state index contributed by atoms with van der Waals surface area (Å²) in [5.41, 5.74) is 2.32. The Kier molecular flexibility index (Phi) is 7.83. The summed E-state index contributed by atoms with van der Waals surface area (Å²) in [7, 11) is 2.17. The van der Waals surface area contributed by atoms with Gasteiger partial charge in [0.25, 0.3) is 0 Å². The van der Waals surface area contributed by atoms with Gasteiger partial charge >= 0.3 is 0 Å². The Morgan fingerprint density at radius 3 is 2.72 bits per heavy atom. The molecule has 0 aromatic carbocycles. The predicted molar refractivity (Wildman–Crippen MR) is 122 cm³/mol. The number of thiazole rings is 1. The van der Waals surface area contributed by atoms with Gasteiger partial charge in [0.1, 0.15) is 10.8 Å². The summed E-state index contributed by atoms with van der Waals surface area (Å²) in [4.78, 5) is 18.7. The maximum atomic E-state index is 4.76. The number of pyridine rings is 1. The highest BCUT2D eigenvalue weighted by molar-refractivity contribution is 7.09. The molecule has 1 aliphatic rings. The van der Waals surface area contributed by atoms with Crippen molar-refractivity contribution >= 4 is 23.1 Å². The molecule has 0 atom stereocenters. The minimum absolute atomic E-state index is 0.461. The zero-order valence-corrected chi connectivity index (χ0v) is 18.8. The van der Waals surface area contributed by atoms with E-state index in [4.69, 9.17) is 4.99 Å². The lowest BCUT2D eigenvalue weighted by molar-refractivity contribution is 0.312. The number of rotatable bonds is 7. The second-order valence-electron chi connectivity index (χ2n) is 7.68. The van der Waals surface area contributed by atoms with E-state index in [2.05, 4.69) is 69.7 Å².